The van der Waals surface area contributed by atoms with Crippen molar-refractivity contribution >= 4 is 40.3 Å². The minimum absolute atomic E-state index is 0.189. The van der Waals surface area contributed by atoms with Crippen molar-refractivity contribution < 1.29 is 0 Å². The highest BCUT2D eigenvalue weighted by molar-refractivity contribution is 7.80. The van der Waals surface area contributed by atoms with Gasteiger partial charge >= 0.3 is 0 Å². The number of anilines is 2. The molecule has 0 fully saturated rings. The van der Waals surface area contributed by atoms with Crippen LogP contribution in [0.3, 0.4) is 0 Å². The Bertz CT molecular complexity index is 600. The fourth-order valence-corrected chi connectivity index (χ4v) is 1.79. The lowest BCUT2D eigenvalue weighted by Crippen LogP contribution is -2.15. The van der Waals surface area contributed by atoms with Gasteiger partial charge in [0.1, 0.15) is 10.7 Å². The van der Waals surface area contributed by atoms with Gasteiger partial charge in [0.15, 0.2) is 5.82 Å². The summed E-state index contributed by atoms with van der Waals surface area (Å²) in [4.78, 5) is 8.45. The van der Waals surface area contributed by atoms with Crippen molar-refractivity contribution in [2.75, 3.05) is 5.32 Å². The van der Waals surface area contributed by atoms with Crippen LogP contribution in [0, 0.1) is 6.92 Å². The Balaban J connectivity index is 2.40. The maximum absolute atomic E-state index is 6.10. The van der Waals surface area contributed by atoms with E-state index >= 15 is 0 Å². The van der Waals surface area contributed by atoms with Crippen LogP contribution in [-0.4, -0.2) is 15.0 Å². The lowest BCUT2D eigenvalue weighted by atomic mass is 10.2. The van der Waals surface area contributed by atoms with E-state index in [0.717, 1.165) is 11.3 Å². The smallest absolute Gasteiger partial charge is 0.159 e. The Labute approximate surface area is 115 Å². The van der Waals surface area contributed by atoms with Crippen molar-refractivity contribution in [1.82, 2.24) is 9.97 Å². The third-order valence-electron chi connectivity index (χ3n) is 2.31. The molecule has 0 aliphatic rings. The summed E-state index contributed by atoms with van der Waals surface area (Å²) in [6.07, 6.45) is 3.10. The number of thiocarbonyl (C=S) groups is 1. The van der Waals surface area contributed by atoms with Crippen molar-refractivity contribution in [3.8, 4) is 0 Å². The molecule has 4 nitrogen and oxygen atoms in total. The number of hydrogen-bond donors (Lipinski definition) is 2. The number of nitrogens with one attached hydrogen (secondary N) is 1. The van der Waals surface area contributed by atoms with Crippen LogP contribution in [0.5, 0.6) is 0 Å². The molecule has 0 saturated carbocycles. The van der Waals surface area contributed by atoms with Gasteiger partial charge in [0.2, 0.25) is 0 Å². The molecule has 0 bridgehead atoms. The molecule has 1 heterocycles. The lowest BCUT2D eigenvalue weighted by Gasteiger charge is -2.10. The topological polar surface area (TPSA) is 63.8 Å². The van der Waals surface area contributed by atoms with E-state index in [4.69, 9.17) is 29.6 Å². The van der Waals surface area contributed by atoms with Crippen LogP contribution in [0.2, 0.25) is 5.02 Å². The van der Waals surface area contributed by atoms with Gasteiger partial charge in [0.05, 0.1) is 10.7 Å². The van der Waals surface area contributed by atoms with Crippen LogP contribution in [0.25, 0.3) is 0 Å². The minimum Gasteiger partial charge on any atom is -0.388 e. The second-order valence-corrected chi connectivity index (χ2v) is 4.57. The van der Waals surface area contributed by atoms with Gasteiger partial charge in [-0.2, -0.15) is 0 Å². The Kier molecular flexibility index (Phi) is 3.74. The maximum atomic E-state index is 6.10. The highest BCUT2D eigenvalue weighted by atomic mass is 35.5. The summed E-state index contributed by atoms with van der Waals surface area (Å²) >= 11 is 11.0. The zero-order chi connectivity index (χ0) is 13.1. The molecular formula is C12H11ClN4S. The van der Waals surface area contributed by atoms with Gasteiger partial charge < -0.3 is 11.1 Å². The number of aryl methyl sites for hydroxylation is 1. The molecule has 1 aromatic carbocycles. The quantitative estimate of drug-likeness (QED) is 0.845. The van der Waals surface area contributed by atoms with Crippen molar-refractivity contribution in [3.63, 3.8) is 0 Å². The third kappa shape index (κ3) is 2.75. The molecular weight excluding hydrogens is 268 g/mol. The zero-order valence-corrected chi connectivity index (χ0v) is 11.2. The molecule has 1 aromatic heterocycles. The molecule has 2 rings (SSSR count). The minimum atomic E-state index is 0.189. The van der Waals surface area contributed by atoms with Gasteiger partial charge in [0.25, 0.3) is 0 Å². The first-order valence-electron chi connectivity index (χ1n) is 5.22. The van der Waals surface area contributed by atoms with E-state index in [1.807, 2.05) is 25.1 Å². The highest BCUT2D eigenvalue weighted by Crippen LogP contribution is 2.26. The molecule has 0 amide bonds. The Morgan fingerprint density at radius 3 is 2.78 bits per heavy atom. The fourth-order valence-electron chi connectivity index (χ4n) is 1.47. The summed E-state index contributed by atoms with van der Waals surface area (Å²) in [6.45, 7) is 1.98. The molecule has 0 aliphatic heterocycles. The van der Waals surface area contributed by atoms with E-state index < -0.39 is 0 Å². The number of aromatic nitrogens is 2. The predicted octanol–water partition coefficient (Wildman–Crippen LogP) is 2.82. The summed E-state index contributed by atoms with van der Waals surface area (Å²) in [5.74, 6) is 0.498. The summed E-state index contributed by atoms with van der Waals surface area (Å²) in [6, 6.07) is 5.66. The Hall–Kier alpha value is -1.72. The molecule has 0 unspecified atom stereocenters. The Morgan fingerprint density at radius 2 is 2.06 bits per heavy atom. The lowest BCUT2D eigenvalue weighted by molar-refractivity contribution is 1.18. The molecule has 6 heteroatoms. The molecule has 0 aliphatic carbocycles. The predicted molar refractivity (Wildman–Crippen MR) is 77.4 cm³/mol. The highest BCUT2D eigenvalue weighted by Gasteiger charge is 2.09. The normalized spacial score (nSPS) is 10.1. The van der Waals surface area contributed by atoms with Gasteiger partial charge in [-0.3, -0.25) is 0 Å². The number of nitrogens with zero attached hydrogens (tertiary/aromatic N) is 2. The van der Waals surface area contributed by atoms with Crippen molar-refractivity contribution in [1.29, 1.82) is 0 Å². The van der Waals surface area contributed by atoms with Crippen LogP contribution in [-0.2, 0) is 0 Å². The first-order valence-corrected chi connectivity index (χ1v) is 6.00. The van der Waals surface area contributed by atoms with E-state index in [-0.39, 0.29) is 4.99 Å². The monoisotopic (exact) mass is 278 g/mol. The second kappa shape index (κ2) is 5.29. The summed E-state index contributed by atoms with van der Waals surface area (Å²) < 4.78 is 0. The number of halogens is 1. The Morgan fingerprint density at radius 1 is 1.33 bits per heavy atom. The van der Waals surface area contributed by atoms with Crippen LogP contribution < -0.4 is 11.1 Å². The summed E-state index contributed by atoms with van der Waals surface area (Å²) in [5.41, 5.74) is 7.87. The van der Waals surface area contributed by atoms with E-state index in [1.54, 1.807) is 6.20 Å². The molecule has 2 aromatic rings. The summed E-state index contributed by atoms with van der Waals surface area (Å²) in [5, 5.41) is 3.69. The van der Waals surface area contributed by atoms with Gasteiger partial charge in [-0.1, -0.05) is 29.9 Å². The number of benzene rings is 1. The van der Waals surface area contributed by atoms with Gasteiger partial charge in [-0.05, 0) is 24.6 Å². The van der Waals surface area contributed by atoms with E-state index in [0.29, 0.717) is 16.5 Å². The standard InChI is InChI=1S/C12H11ClN4S/c1-7-2-3-8(13)9(6-7)17-12-10(11(14)18)15-4-5-16-12/h2-6H,1H3,(H2,14,18)(H,16,17). The average molecular weight is 279 g/mol. The van der Waals surface area contributed by atoms with E-state index in [2.05, 4.69) is 15.3 Å². The average Bonchev–Trinajstić information content (AvgIpc) is 2.34. The number of hydrogen-bond acceptors (Lipinski definition) is 4. The SMILES string of the molecule is Cc1ccc(Cl)c(Nc2nccnc2C(N)=S)c1. The number of rotatable bonds is 3. The van der Waals surface area contributed by atoms with Crippen LogP contribution in [0.15, 0.2) is 30.6 Å². The molecule has 18 heavy (non-hydrogen) atoms. The van der Waals surface area contributed by atoms with Crippen molar-refractivity contribution in [3.05, 3.63) is 46.9 Å². The molecule has 0 radical (unpaired) electrons. The summed E-state index contributed by atoms with van der Waals surface area (Å²) in [7, 11) is 0. The van der Waals surface area contributed by atoms with Crippen LogP contribution >= 0.6 is 23.8 Å². The maximum Gasteiger partial charge on any atom is 0.159 e. The molecule has 0 saturated heterocycles. The zero-order valence-electron chi connectivity index (χ0n) is 9.64. The first kappa shape index (κ1) is 12.7. The molecule has 92 valence electrons. The van der Waals surface area contributed by atoms with Gasteiger partial charge in [-0.15, -0.1) is 0 Å². The molecule has 0 spiro atoms. The molecule has 3 N–H and O–H groups in total. The third-order valence-corrected chi connectivity index (χ3v) is 2.83. The number of nitrogens with two attached hydrogens (primary N) is 1. The van der Waals surface area contributed by atoms with E-state index in [1.165, 1.54) is 6.20 Å². The van der Waals surface area contributed by atoms with Crippen LogP contribution in [0.4, 0.5) is 11.5 Å². The van der Waals surface area contributed by atoms with E-state index in [9.17, 15) is 0 Å². The van der Waals surface area contributed by atoms with Crippen LogP contribution in [0.1, 0.15) is 11.3 Å². The second-order valence-electron chi connectivity index (χ2n) is 3.73. The largest absolute Gasteiger partial charge is 0.388 e. The van der Waals surface area contributed by atoms with Crippen molar-refractivity contribution in [2.45, 2.75) is 6.92 Å². The fraction of sp³-hybridized carbons (Fsp3) is 0.0833. The van der Waals surface area contributed by atoms with Crippen molar-refractivity contribution in [2.24, 2.45) is 5.73 Å². The first-order chi connectivity index (χ1) is 8.58. The van der Waals surface area contributed by atoms with Gasteiger partial charge in [-0.25, -0.2) is 9.97 Å². The van der Waals surface area contributed by atoms with Gasteiger partial charge in [0, 0.05) is 12.4 Å². The molecule has 0 atom stereocenters.